The Balaban J connectivity index is 0.00000448. The van der Waals surface area contributed by atoms with Gasteiger partial charge in [0.15, 0.2) is 0 Å². The fourth-order valence-electron chi connectivity index (χ4n) is 6.96. The van der Waals surface area contributed by atoms with E-state index < -0.39 is 5.76 Å². The van der Waals surface area contributed by atoms with Gasteiger partial charge in [-0.05, 0) is 51.6 Å². The Bertz CT molecular complexity index is 2340. The molecule has 0 atom stereocenters. The van der Waals surface area contributed by atoms with E-state index in [0.717, 1.165) is 34.2 Å². The smallest absolute Gasteiger partial charge is 0.456 e. The average molecular weight is 857 g/mol. The number of benzene rings is 4. The molecule has 0 spiro atoms. The molecule has 0 fully saturated rings. The zero-order chi connectivity index (χ0) is 35.3. The average Bonchev–Trinajstić information content (AvgIpc) is 3.85. The van der Waals surface area contributed by atoms with Gasteiger partial charge in [-0.15, -0.1) is 53.6 Å². The van der Waals surface area contributed by atoms with Crippen molar-refractivity contribution in [1.82, 2.24) is 23.7 Å². The third-order valence-corrected chi connectivity index (χ3v) is 9.44. The standard InChI is InChI=1S/C43H43N5O2.Pt/c1-26(2)33-14-10-15-34(27(3)4)39(33)46-22-20-44-41(46)30-12-9-13-32(24-30)48-37-25-31(18-19-38(37)50-43(48)49)42-45-21-23-47(42)40-35(28(5)6)16-11-17-36(40)29(7)8;/h9-23,26-29H,1-8H3;/q-2;+2. The van der Waals surface area contributed by atoms with Crippen LogP contribution in [0.5, 0.6) is 0 Å². The van der Waals surface area contributed by atoms with E-state index in [1.807, 2.05) is 55.1 Å². The van der Waals surface area contributed by atoms with Gasteiger partial charge in [-0.25, -0.2) is 4.79 Å². The zero-order valence-corrected chi connectivity index (χ0v) is 32.6. The first-order chi connectivity index (χ1) is 24.0. The maximum atomic E-state index is 13.5. The van der Waals surface area contributed by atoms with Crippen LogP contribution in [-0.2, 0) is 21.1 Å². The van der Waals surface area contributed by atoms with E-state index in [-0.39, 0.29) is 21.1 Å². The van der Waals surface area contributed by atoms with Crippen molar-refractivity contribution < 1.29 is 25.5 Å². The van der Waals surface area contributed by atoms with Crippen molar-refractivity contribution in [1.29, 1.82) is 0 Å². The second kappa shape index (κ2) is 14.5. The Hall–Kier alpha value is -4.74. The molecule has 51 heavy (non-hydrogen) atoms. The fourth-order valence-corrected chi connectivity index (χ4v) is 6.96. The normalized spacial score (nSPS) is 11.8. The van der Waals surface area contributed by atoms with Crippen LogP contribution in [0.15, 0.2) is 101 Å². The monoisotopic (exact) mass is 856 g/mol. The van der Waals surface area contributed by atoms with Crippen LogP contribution in [0.25, 0.3) is 50.9 Å². The van der Waals surface area contributed by atoms with E-state index in [0.29, 0.717) is 40.5 Å². The molecule has 7 aromatic rings. The second-order valence-electron chi connectivity index (χ2n) is 14.2. The van der Waals surface area contributed by atoms with Crippen LogP contribution in [0.3, 0.4) is 0 Å². The summed E-state index contributed by atoms with van der Waals surface area (Å²) in [7, 11) is 0. The molecular formula is C43H43N5O2Pt. The predicted molar refractivity (Wildman–Crippen MR) is 201 cm³/mol. The summed E-state index contributed by atoms with van der Waals surface area (Å²) in [5.41, 5.74) is 10.3. The minimum absolute atomic E-state index is 0. The molecule has 0 unspecified atom stereocenters. The summed E-state index contributed by atoms with van der Waals surface area (Å²) in [6.45, 7) is 17.7. The summed E-state index contributed by atoms with van der Waals surface area (Å²) in [6, 6.07) is 29.5. The molecular weight excluding hydrogens is 814 g/mol. The van der Waals surface area contributed by atoms with Gasteiger partial charge in [-0.3, -0.25) is 14.5 Å². The summed E-state index contributed by atoms with van der Waals surface area (Å²) in [6.07, 6.45) is 7.65. The number of nitrogens with zero attached hydrogens (tertiary/aromatic N) is 5. The summed E-state index contributed by atoms with van der Waals surface area (Å²) in [4.78, 5) is 23.1. The second-order valence-corrected chi connectivity index (χ2v) is 14.2. The SMILES string of the molecule is CC(C)c1cccc(C(C)C)c1-n1ccnc1-c1[c-]c(-n2c(=O)oc3ccc(-c4nccn4-c4c(C(C)C)cccc4C(C)C)[c-]c32)ccc1.[Pt+2]. The van der Waals surface area contributed by atoms with Crippen LogP contribution < -0.4 is 5.76 Å². The summed E-state index contributed by atoms with van der Waals surface area (Å²) in [5.74, 6) is 2.26. The molecule has 0 aliphatic rings. The maximum absolute atomic E-state index is 13.5. The molecule has 4 aromatic carbocycles. The number of oxazole rings is 1. The number of imidazole rings is 2. The number of hydrogen-bond donors (Lipinski definition) is 0. The van der Waals surface area contributed by atoms with Crippen LogP contribution in [0.4, 0.5) is 0 Å². The molecule has 0 aliphatic heterocycles. The molecule has 0 saturated carbocycles. The number of rotatable bonds is 9. The van der Waals surface area contributed by atoms with Gasteiger partial charge in [-0.1, -0.05) is 91.8 Å². The summed E-state index contributed by atoms with van der Waals surface area (Å²) in [5, 5.41) is 0. The molecule has 7 rings (SSSR count). The molecule has 3 aromatic heterocycles. The van der Waals surface area contributed by atoms with E-state index >= 15 is 0 Å². The van der Waals surface area contributed by atoms with E-state index in [1.54, 1.807) is 0 Å². The molecule has 0 bridgehead atoms. The first-order valence-corrected chi connectivity index (χ1v) is 17.5. The molecule has 3 heterocycles. The van der Waals surface area contributed by atoms with Gasteiger partial charge in [0.2, 0.25) is 0 Å². The van der Waals surface area contributed by atoms with E-state index in [9.17, 15) is 4.79 Å². The van der Waals surface area contributed by atoms with Gasteiger partial charge in [0.25, 0.3) is 0 Å². The zero-order valence-electron chi connectivity index (χ0n) is 30.3. The number of hydrogen-bond acceptors (Lipinski definition) is 4. The van der Waals surface area contributed by atoms with Gasteiger partial charge in [-0.2, -0.15) is 0 Å². The molecule has 0 radical (unpaired) electrons. The van der Waals surface area contributed by atoms with E-state index in [4.69, 9.17) is 14.4 Å². The van der Waals surface area contributed by atoms with Crippen LogP contribution in [0.2, 0.25) is 0 Å². The van der Waals surface area contributed by atoms with Gasteiger partial charge >= 0.3 is 26.8 Å². The van der Waals surface area contributed by atoms with E-state index in [1.165, 1.54) is 26.8 Å². The molecule has 7 nitrogen and oxygen atoms in total. The topological polar surface area (TPSA) is 70.8 Å². The summed E-state index contributed by atoms with van der Waals surface area (Å²) >= 11 is 0. The van der Waals surface area contributed by atoms with Crippen molar-refractivity contribution in [2.45, 2.75) is 79.1 Å². The van der Waals surface area contributed by atoms with Gasteiger partial charge < -0.3 is 13.6 Å². The van der Waals surface area contributed by atoms with E-state index in [2.05, 4.69) is 113 Å². The quantitative estimate of drug-likeness (QED) is 0.136. The Kier molecular flexibility index (Phi) is 10.2. The fraction of sp³-hybridized carbons (Fsp3) is 0.279. The third kappa shape index (κ3) is 6.49. The van der Waals surface area contributed by atoms with Gasteiger partial charge in [0, 0.05) is 41.7 Å². The number of aromatic nitrogens is 5. The Morgan fingerprint density at radius 2 is 1.04 bits per heavy atom. The van der Waals surface area contributed by atoms with Crippen molar-refractivity contribution in [2.75, 3.05) is 0 Å². The molecule has 0 aliphatic carbocycles. The molecule has 8 heteroatoms. The summed E-state index contributed by atoms with van der Waals surface area (Å²) < 4.78 is 11.6. The minimum atomic E-state index is -0.507. The van der Waals surface area contributed by atoms with Crippen molar-refractivity contribution in [3.8, 4) is 39.8 Å². The van der Waals surface area contributed by atoms with Crippen molar-refractivity contribution >= 4 is 11.1 Å². The van der Waals surface area contributed by atoms with Crippen molar-refractivity contribution in [3.05, 3.63) is 136 Å². The largest absolute Gasteiger partial charge is 2.00 e. The number of para-hydroxylation sites is 2. The number of fused-ring (bicyclic) bond motifs is 1. The molecule has 262 valence electrons. The molecule has 0 N–H and O–H groups in total. The third-order valence-electron chi connectivity index (χ3n) is 9.44. The Morgan fingerprint density at radius 3 is 1.51 bits per heavy atom. The maximum Gasteiger partial charge on any atom is 2.00 e. The van der Waals surface area contributed by atoms with Crippen molar-refractivity contribution in [3.63, 3.8) is 0 Å². The minimum Gasteiger partial charge on any atom is -0.456 e. The Labute approximate surface area is 314 Å². The molecule has 0 amide bonds. The van der Waals surface area contributed by atoms with Crippen LogP contribution >= 0.6 is 0 Å². The molecule has 0 saturated heterocycles. The van der Waals surface area contributed by atoms with Gasteiger partial charge in [0.1, 0.15) is 0 Å². The van der Waals surface area contributed by atoms with Crippen LogP contribution in [0.1, 0.15) is 101 Å². The van der Waals surface area contributed by atoms with Crippen LogP contribution in [0, 0.1) is 12.1 Å². The first-order valence-electron chi connectivity index (χ1n) is 17.5. The predicted octanol–water partition coefficient (Wildman–Crippen LogP) is 10.4. The first kappa shape index (κ1) is 36.1. The van der Waals surface area contributed by atoms with Crippen molar-refractivity contribution in [2.24, 2.45) is 0 Å². The van der Waals surface area contributed by atoms with Gasteiger partial charge in [0.05, 0.1) is 17.2 Å². The Morgan fingerprint density at radius 1 is 0.588 bits per heavy atom. The van der Waals surface area contributed by atoms with Crippen LogP contribution in [-0.4, -0.2) is 23.7 Å².